The Kier molecular flexibility index (Phi) is 4.45. The summed E-state index contributed by atoms with van der Waals surface area (Å²) < 4.78 is 30.3. The van der Waals surface area contributed by atoms with E-state index < -0.39 is 6.61 Å². The summed E-state index contributed by atoms with van der Waals surface area (Å²) in [5, 5.41) is 4.43. The molecular weight excluding hydrogens is 276 g/mol. The number of hydrogen-bond acceptors (Lipinski definition) is 3. The molecule has 2 N–H and O–H groups in total. The number of hydrogen-bond donors (Lipinski definition) is 1. The number of nitrogens with two attached hydrogens (primary N) is 1. The SMILES string of the molecule is CC(C)Cc1c(-c2ccc(OC(F)F)cc2)nn(C)c1N. The van der Waals surface area contributed by atoms with E-state index in [0.717, 1.165) is 23.2 Å². The zero-order valence-corrected chi connectivity index (χ0v) is 12.3. The van der Waals surface area contributed by atoms with Crippen molar-refractivity contribution < 1.29 is 13.5 Å². The third-order valence-electron chi connectivity index (χ3n) is 3.16. The standard InChI is InChI=1S/C15H19F2N3O/c1-9(2)8-12-13(19-20(3)14(12)18)10-4-6-11(7-5-10)21-15(16)17/h4-7,9,15H,8,18H2,1-3H3. The van der Waals surface area contributed by atoms with E-state index in [-0.39, 0.29) is 5.75 Å². The molecule has 2 aromatic rings. The number of alkyl halides is 2. The van der Waals surface area contributed by atoms with Gasteiger partial charge in [-0.25, -0.2) is 0 Å². The second-order valence-electron chi connectivity index (χ2n) is 5.34. The largest absolute Gasteiger partial charge is 0.435 e. The molecule has 1 aromatic carbocycles. The number of nitrogens with zero attached hydrogens (tertiary/aromatic N) is 2. The van der Waals surface area contributed by atoms with Crippen LogP contribution in [0.1, 0.15) is 19.4 Å². The van der Waals surface area contributed by atoms with Gasteiger partial charge in [0, 0.05) is 18.2 Å². The average Bonchev–Trinajstić information content (AvgIpc) is 2.67. The molecule has 2 rings (SSSR count). The topological polar surface area (TPSA) is 53.1 Å². The normalized spacial score (nSPS) is 11.4. The number of anilines is 1. The molecule has 0 aliphatic rings. The maximum Gasteiger partial charge on any atom is 0.387 e. The van der Waals surface area contributed by atoms with Gasteiger partial charge in [-0.1, -0.05) is 13.8 Å². The summed E-state index contributed by atoms with van der Waals surface area (Å²) in [6.07, 6.45) is 0.810. The molecule has 114 valence electrons. The van der Waals surface area contributed by atoms with Crippen LogP contribution >= 0.6 is 0 Å². The molecule has 4 nitrogen and oxygen atoms in total. The van der Waals surface area contributed by atoms with Gasteiger partial charge in [-0.15, -0.1) is 0 Å². The molecule has 0 atom stereocenters. The Labute approximate surface area is 122 Å². The lowest BCUT2D eigenvalue weighted by atomic mass is 9.99. The molecular formula is C15H19F2N3O. The van der Waals surface area contributed by atoms with Crippen molar-refractivity contribution in [1.82, 2.24) is 9.78 Å². The zero-order valence-electron chi connectivity index (χ0n) is 12.3. The summed E-state index contributed by atoms with van der Waals surface area (Å²) in [6, 6.07) is 6.43. The fraction of sp³-hybridized carbons (Fsp3) is 0.400. The average molecular weight is 295 g/mol. The van der Waals surface area contributed by atoms with Crippen molar-refractivity contribution in [2.45, 2.75) is 26.9 Å². The van der Waals surface area contributed by atoms with Gasteiger partial charge < -0.3 is 10.5 Å². The van der Waals surface area contributed by atoms with Crippen LogP contribution in [-0.2, 0) is 13.5 Å². The Morgan fingerprint density at radius 2 is 1.86 bits per heavy atom. The van der Waals surface area contributed by atoms with Crippen LogP contribution in [-0.4, -0.2) is 16.4 Å². The van der Waals surface area contributed by atoms with Gasteiger partial charge in [0.2, 0.25) is 0 Å². The highest BCUT2D eigenvalue weighted by atomic mass is 19.3. The zero-order chi connectivity index (χ0) is 15.6. The van der Waals surface area contributed by atoms with E-state index in [9.17, 15) is 8.78 Å². The summed E-state index contributed by atoms with van der Waals surface area (Å²) in [7, 11) is 1.79. The van der Waals surface area contributed by atoms with Gasteiger partial charge >= 0.3 is 6.61 Å². The maximum absolute atomic E-state index is 12.2. The van der Waals surface area contributed by atoms with Crippen molar-refractivity contribution in [3.63, 3.8) is 0 Å². The summed E-state index contributed by atoms with van der Waals surface area (Å²) in [5.41, 5.74) is 8.66. The summed E-state index contributed by atoms with van der Waals surface area (Å²) >= 11 is 0. The van der Waals surface area contributed by atoms with Gasteiger partial charge in [0.15, 0.2) is 0 Å². The van der Waals surface area contributed by atoms with E-state index >= 15 is 0 Å². The molecule has 0 saturated heterocycles. The molecule has 0 unspecified atom stereocenters. The number of aromatic nitrogens is 2. The van der Waals surface area contributed by atoms with Gasteiger partial charge in [-0.3, -0.25) is 4.68 Å². The molecule has 1 aromatic heterocycles. The molecule has 1 heterocycles. The van der Waals surface area contributed by atoms with E-state index in [1.807, 2.05) is 0 Å². The minimum Gasteiger partial charge on any atom is -0.435 e. The Balaban J connectivity index is 2.35. The maximum atomic E-state index is 12.2. The number of aryl methyl sites for hydroxylation is 1. The fourth-order valence-corrected chi connectivity index (χ4v) is 2.22. The molecule has 0 radical (unpaired) electrons. The molecule has 0 saturated carbocycles. The smallest absolute Gasteiger partial charge is 0.387 e. The lowest BCUT2D eigenvalue weighted by Crippen LogP contribution is -2.02. The van der Waals surface area contributed by atoms with Gasteiger partial charge in [-0.2, -0.15) is 13.9 Å². The Hall–Kier alpha value is -2.11. The van der Waals surface area contributed by atoms with E-state index in [1.165, 1.54) is 12.1 Å². The minimum absolute atomic E-state index is 0.128. The highest BCUT2D eigenvalue weighted by Gasteiger charge is 2.16. The van der Waals surface area contributed by atoms with Crippen molar-refractivity contribution in [3.05, 3.63) is 29.8 Å². The quantitative estimate of drug-likeness (QED) is 0.919. The predicted octanol–water partition coefficient (Wildman–Crippen LogP) is 3.47. The van der Waals surface area contributed by atoms with Crippen molar-refractivity contribution in [1.29, 1.82) is 0 Å². The van der Waals surface area contributed by atoms with Gasteiger partial charge in [0.25, 0.3) is 0 Å². The highest BCUT2D eigenvalue weighted by Crippen LogP contribution is 2.30. The molecule has 0 aliphatic heterocycles. The number of benzene rings is 1. The van der Waals surface area contributed by atoms with Crippen LogP contribution in [0.2, 0.25) is 0 Å². The lowest BCUT2D eigenvalue weighted by Gasteiger charge is -2.08. The molecule has 21 heavy (non-hydrogen) atoms. The van der Waals surface area contributed by atoms with Crippen molar-refractivity contribution in [2.24, 2.45) is 13.0 Å². The van der Waals surface area contributed by atoms with E-state index in [2.05, 4.69) is 23.7 Å². The monoisotopic (exact) mass is 295 g/mol. The van der Waals surface area contributed by atoms with Crippen LogP contribution in [0.15, 0.2) is 24.3 Å². The third-order valence-corrected chi connectivity index (χ3v) is 3.16. The first kappa shape index (κ1) is 15.3. The van der Waals surface area contributed by atoms with E-state index in [4.69, 9.17) is 5.73 Å². The summed E-state index contributed by atoms with van der Waals surface area (Å²) in [6.45, 7) is 1.39. The number of halogens is 2. The van der Waals surface area contributed by atoms with Crippen LogP contribution in [0.4, 0.5) is 14.6 Å². The predicted molar refractivity (Wildman–Crippen MR) is 78.2 cm³/mol. The second-order valence-corrected chi connectivity index (χ2v) is 5.34. The second kappa shape index (κ2) is 6.11. The fourth-order valence-electron chi connectivity index (χ4n) is 2.22. The number of nitrogen functional groups attached to an aromatic ring is 1. The van der Waals surface area contributed by atoms with Crippen LogP contribution < -0.4 is 10.5 Å². The van der Waals surface area contributed by atoms with Crippen molar-refractivity contribution in [3.8, 4) is 17.0 Å². The van der Waals surface area contributed by atoms with Crippen molar-refractivity contribution >= 4 is 5.82 Å². The van der Waals surface area contributed by atoms with Crippen molar-refractivity contribution in [2.75, 3.05) is 5.73 Å². The molecule has 0 spiro atoms. The first-order chi connectivity index (χ1) is 9.88. The number of rotatable bonds is 5. The first-order valence-corrected chi connectivity index (χ1v) is 6.75. The summed E-state index contributed by atoms with van der Waals surface area (Å²) in [5.74, 6) is 1.20. The summed E-state index contributed by atoms with van der Waals surface area (Å²) in [4.78, 5) is 0. The van der Waals surface area contributed by atoms with Crippen LogP contribution in [0.5, 0.6) is 5.75 Å². The Morgan fingerprint density at radius 1 is 1.24 bits per heavy atom. The third kappa shape index (κ3) is 3.51. The Bertz CT molecular complexity index is 606. The van der Waals surface area contributed by atoms with Gasteiger partial charge in [-0.05, 0) is 36.6 Å². The molecule has 0 aliphatic carbocycles. The van der Waals surface area contributed by atoms with Gasteiger partial charge in [0.1, 0.15) is 11.6 Å². The molecule has 0 fully saturated rings. The molecule has 6 heteroatoms. The van der Waals surface area contributed by atoms with Crippen LogP contribution in [0.25, 0.3) is 11.3 Å². The van der Waals surface area contributed by atoms with E-state index in [1.54, 1.807) is 23.9 Å². The van der Waals surface area contributed by atoms with Crippen LogP contribution in [0, 0.1) is 5.92 Å². The highest BCUT2D eigenvalue weighted by molar-refractivity contribution is 5.69. The molecule has 0 amide bonds. The Morgan fingerprint density at radius 3 is 2.38 bits per heavy atom. The lowest BCUT2D eigenvalue weighted by molar-refractivity contribution is -0.0498. The minimum atomic E-state index is -2.82. The van der Waals surface area contributed by atoms with E-state index in [0.29, 0.717) is 11.7 Å². The van der Waals surface area contributed by atoms with Gasteiger partial charge in [0.05, 0.1) is 5.69 Å². The van der Waals surface area contributed by atoms with Crippen LogP contribution in [0.3, 0.4) is 0 Å². The number of ether oxygens (including phenoxy) is 1. The molecule has 0 bridgehead atoms. The first-order valence-electron chi connectivity index (χ1n) is 6.75.